The van der Waals surface area contributed by atoms with Crippen LogP contribution in [0, 0.1) is 0 Å². The lowest BCUT2D eigenvalue weighted by Gasteiger charge is -2.10. The zero-order chi connectivity index (χ0) is 22.6. The van der Waals surface area contributed by atoms with Crippen LogP contribution in [0.4, 0.5) is 11.4 Å². The van der Waals surface area contributed by atoms with Gasteiger partial charge in [-0.25, -0.2) is 13.4 Å². The first kappa shape index (κ1) is 21.7. The summed E-state index contributed by atoms with van der Waals surface area (Å²) in [5, 5.41) is 3.70. The van der Waals surface area contributed by atoms with Gasteiger partial charge in [0.05, 0.1) is 4.90 Å². The average molecular weight is 465 g/mol. The first-order valence-electron chi connectivity index (χ1n) is 9.65. The maximum atomic E-state index is 12.7. The zero-order valence-corrected chi connectivity index (χ0v) is 18.7. The average Bonchev–Trinajstić information content (AvgIpc) is 3.20. The van der Waals surface area contributed by atoms with Gasteiger partial charge in [-0.2, -0.15) is 0 Å². The summed E-state index contributed by atoms with van der Waals surface area (Å²) in [6.07, 6.45) is 3.62. The third-order valence-electron chi connectivity index (χ3n) is 4.53. The molecule has 0 aliphatic heterocycles. The van der Waals surface area contributed by atoms with E-state index in [1.54, 1.807) is 42.6 Å². The van der Waals surface area contributed by atoms with E-state index in [9.17, 15) is 13.2 Å². The van der Waals surface area contributed by atoms with Gasteiger partial charge in [0.2, 0.25) is 0 Å². The normalized spacial score (nSPS) is 11.2. The molecule has 0 saturated carbocycles. The molecule has 3 aromatic carbocycles. The molecule has 0 atom stereocenters. The second kappa shape index (κ2) is 9.29. The fourth-order valence-electron chi connectivity index (χ4n) is 2.90. The van der Waals surface area contributed by atoms with E-state index in [4.69, 9.17) is 0 Å². The van der Waals surface area contributed by atoms with Crippen LogP contribution in [0.25, 0.3) is 0 Å². The van der Waals surface area contributed by atoms with Gasteiger partial charge in [-0.05, 0) is 54.6 Å². The Bertz CT molecular complexity index is 1340. The molecule has 9 heteroatoms. The second-order valence-electron chi connectivity index (χ2n) is 6.90. The summed E-state index contributed by atoms with van der Waals surface area (Å²) in [4.78, 5) is 18.1. The molecule has 4 aromatic rings. The molecule has 32 heavy (non-hydrogen) atoms. The van der Waals surface area contributed by atoms with Crippen LogP contribution in [-0.4, -0.2) is 23.9 Å². The summed E-state index contributed by atoms with van der Waals surface area (Å²) in [5.41, 5.74) is 1.28. The van der Waals surface area contributed by atoms with Crippen molar-refractivity contribution in [3.8, 4) is 0 Å². The largest absolute Gasteiger partial charge is 0.329 e. The zero-order valence-electron chi connectivity index (χ0n) is 17.1. The lowest BCUT2D eigenvalue weighted by molar-refractivity contribution is 0.102. The van der Waals surface area contributed by atoms with E-state index in [1.807, 2.05) is 42.1 Å². The highest BCUT2D eigenvalue weighted by Crippen LogP contribution is 2.27. The highest BCUT2D eigenvalue weighted by molar-refractivity contribution is 7.99. The molecule has 1 heterocycles. The third-order valence-corrected chi connectivity index (χ3v) is 7.01. The molecule has 0 radical (unpaired) electrons. The molecule has 4 rings (SSSR count). The van der Waals surface area contributed by atoms with E-state index in [0.29, 0.717) is 16.9 Å². The number of amides is 1. The Morgan fingerprint density at radius 2 is 1.69 bits per heavy atom. The van der Waals surface area contributed by atoms with Gasteiger partial charge in [-0.15, -0.1) is 0 Å². The van der Waals surface area contributed by atoms with Gasteiger partial charge >= 0.3 is 0 Å². The molecular weight excluding hydrogens is 444 g/mol. The van der Waals surface area contributed by atoms with Crippen molar-refractivity contribution < 1.29 is 13.2 Å². The molecule has 0 unspecified atom stereocenters. The van der Waals surface area contributed by atoms with Gasteiger partial charge < -0.3 is 9.88 Å². The highest BCUT2D eigenvalue weighted by Gasteiger charge is 2.15. The SMILES string of the molecule is Cn1ccnc1Sc1ccc(NC(=O)c2cccc(NS(=O)(=O)c3ccccc3)c2)cc1. The highest BCUT2D eigenvalue weighted by atomic mass is 32.2. The Morgan fingerprint density at radius 1 is 0.938 bits per heavy atom. The van der Waals surface area contributed by atoms with Crippen LogP contribution in [-0.2, 0) is 17.1 Å². The Labute approximate surface area is 190 Å². The van der Waals surface area contributed by atoms with E-state index < -0.39 is 10.0 Å². The molecule has 7 nitrogen and oxygen atoms in total. The van der Waals surface area contributed by atoms with Crippen molar-refractivity contribution in [1.82, 2.24) is 9.55 Å². The number of aromatic nitrogens is 2. The minimum absolute atomic E-state index is 0.151. The smallest absolute Gasteiger partial charge is 0.261 e. The maximum absolute atomic E-state index is 12.7. The number of imidazole rings is 1. The third kappa shape index (κ3) is 5.19. The summed E-state index contributed by atoms with van der Waals surface area (Å²) in [6.45, 7) is 0. The van der Waals surface area contributed by atoms with Crippen molar-refractivity contribution in [1.29, 1.82) is 0 Å². The molecule has 0 bridgehead atoms. The second-order valence-corrected chi connectivity index (χ2v) is 9.62. The van der Waals surface area contributed by atoms with E-state index in [1.165, 1.54) is 30.0 Å². The fourth-order valence-corrected chi connectivity index (χ4v) is 4.77. The Kier molecular flexibility index (Phi) is 6.29. The molecule has 1 amide bonds. The quantitative estimate of drug-likeness (QED) is 0.416. The van der Waals surface area contributed by atoms with Crippen LogP contribution in [0.15, 0.2) is 106 Å². The topological polar surface area (TPSA) is 93.1 Å². The number of hydrogen-bond acceptors (Lipinski definition) is 5. The molecule has 1 aromatic heterocycles. The van der Waals surface area contributed by atoms with Crippen LogP contribution < -0.4 is 10.0 Å². The van der Waals surface area contributed by atoms with Gasteiger partial charge in [0.25, 0.3) is 15.9 Å². The van der Waals surface area contributed by atoms with E-state index >= 15 is 0 Å². The number of hydrogen-bond donors (Lipinski definition) is 2. The number of anilines is 2. The van der Waals surface area contributed by atoms with Crippen LogP contribution >= 0.6 is 11.8 Å². The van der Waals surface area contributed by atoms with Crippen LogP contribution in [0.1, 0.15) is 10.4 Å². The predicted octanol–water partition coefficient (Wildman–Crippen LogP) is 4.62. The predicted molar refractivity (Wildman–Crippen MR) is 125 cm³/mol. The summed E-state index contributed by atoms with van der Waals surface area (Å²) < 4.78 is 29.5. The Hall–Kier alpha value is -3.56. The number of sulfonamides is 1. The first-order chi connectivity index (χ1) is 15.4. The Balaban J connectivity index is 1.43. The molecule has 2 N–H and O–H groups in total. The molecule has 0 aliphatic rings. The van der Waals surface area contributed by atoms with E-state index in [2.05, 4.69) is 15.0 Å². The van der Waals surface area contributed by atoms with Crippen molar-refractivity contribution in [3.05, 3.63) is 96.8 Å². The lowest BCUT2D eigenvalue weighted by atomic mass is 10.2. The van der Waals surface area contributed by atoms with Crippen molar-refractivity contribution in [2.24, 2.45) is 7.05 Å². The number of benzene rings is 3. The van der Waals surface area contributed by atoms with Crippen molar-refractivity contribution in [2.45, 2.75) is 14.9 Å². The lowest BCUT2D eigenvalue weighted by Crippen LogP contribution is -2.15. The maximum Gasteiger partial charge on any atom is 0.261 e. The van der Waals surface area contributed by atoms with Gasteiger partial charge in [-0.3, -0.25) is 9.52 Å². The number of nitrogens with zero attached hydrogens (tertiary/aromatic N) is 2. The van der Waals surface area contributed by atoms with Crippen molar-refractivity contribution >= 4 is 39.1 Å². The van der Waals surface area contributed by atoms with Crippen LogP contribution in [0.2, 0.25) is 0 Å². The van der Waals surface area contributed by atoms with Gasteiger partial charge in [-0.1, -0.05) is 36.0 Å². The number of carbonyl (C=O) groups excluding carboxylic acids is 1. The van der Waals surface area contributed by atoms with E-state index in [0.717, 1.165) is 10.1 Å². The molecule has 0 spiro atoms. The molecule has 0 saturated heterocycles. The van der Waals surface area contributed by atoms with Gasteiger partial charge in [0, 0.05) is 41.3 Å². The number of nitrogens with one attached hydrogen (secondary N) is 2. The number of carbonyl (C=O) groups is 1. The summed E-state index contributed by atoms with van der Waals surface area (Å²) in [5.74, 6) is -0.338. The number of aryl methyl sites for hydroxylation is 1. The van der Waals surface area contributed by atoms with E-state index in [-0.39, 0.29) is 10.8 Å². The minimum Gasteiger partial charge on any atom is -0.329 e. The monoisotopic (exact) mass is 464 g/mol. The van der Waals surface area contributed by atoms with Crippen LogP contribution in [0.3, 0.4) is 0 Å². The summed E-state index contributed by atoms with van der Waals surface area (Å²) in [7, 11) is -1.81. The summed E-state index contributed by atoms with van der Waals surface area (Å²) >= 11 is 1.52. The van der Waals surface area contributed by atoms with Crippen molar-refractivity contribution in [3.63, 3.8) is 0 Å². The molecule has 162 valence electrons. The molecular formula is C23H20N4O3S2. The van der Waals surface area contributed by atoms with Gasteiger partial charge in [0.1, 0.15) is 0 Å². The molecule has 0 fully saturated rings. The summed E-state index contributed by atoms with van der Waals surface area (Å²) in [6, 6.07) is 21.8. The van der Waals surface area contributed by atoms with Gasteiger partial charge in [0.15, 0.2) is 5.16 Å². The minimum atomic E-state index is -3.74. The molecule has 0 aliphatic carbocycles. The van der Waals surface area contributed by atoms with Crippen molar-refractivity contribution in [2.75, 3.05) is 10.0 Å². The van der Waals surface area contributed by atoms with Crippen LogP contribution in [0.5, 0.6) is 0 Å². The Morgan fingerprint density at radius 3 is 2.38 bits per heavy atom. The fraction of sp³-hybridized carbons (Fsp3) is 0.0435. The standard InChI is InChI=1S/C23H20N4O3S2/c1-27-15-14-24-23(27)31-20-12-10-18(11-13-20)25-22(28)17-6-5-7-19(16-17)26-32(29,30)21-8-3-2-4-9-21/h2-16,26H,1H3,(H,25,28). The number of rotatable bonds is 7. The first-order valence-corrected chi connectivity index (χ1v) is 12.0.